The summed E-state index contributed by atoms with van der Waals surface area (Å²) in [5.41, 5.74) is 2.05. The molecule has 3 heteroatoms. The third kappa shape index (κ3) is 4.67. The maximum Gasteiger partial charge on any atom is 0.119 e. The number of rotatable bonds is 5. The van der Waals surface area contributed by atoms with Gasteiger partial charge in [-0.3, -0.25) is 4.99 Å². The first kappa shape index (κ1) is 14.5. The summed E-state index contributed by atoms with van der Waals surface area (Å²) in [5, 5.41) is 0. The van der Waals surface area contributed by atoms with Gasteiger partial charge in [0.05, 0.1) is 12.3 Å². The topological polar surface area (TPSA) is 21.6 Å². The molecule has 0 radical (unpaired) electrons. The second kappa shape index (κ2) is 7.65. The second-order valence-corrected chi connectivity index (χ2v) is 5.03. The lowest BCUT2D eigenvalue weighted by Crippen LogP contribution is -1.89. The highest BCUT2D eigenvalue weighted by Gasteiger charge is 1.91. The van der Waals surface area contributed by atoms with Crippen LogP contribution in [0.3, 0.4) is 0 Å². The highest BCUT2D eigenvalue weighted by Crippen LogP contribution is 2.17. The van der Waals surface area contributed by atoms with Crippen molar-refractivity contribution in [2.24, 2.45) is 4.99 Å². The first-order valence-corrected chi connectivity index (χ1v) is 7.26. The predicted octanol–water partition coefficient (Wildman–Crippen LogP) is 5.26. The fourth-order valence-electron chi connectivity index (χ4n) is 1.69. The van der Waals surface area contributed by atoms with Crippen LogP contribution in [0.2, 0.25) is 0 Å². The lowest BCUT2D eigenvalue weighted by Gasteiger charge is -2.01. The number of halogens is 1. The molecule has 2 aromatic carbocycles. The zero-order valence-corrected chi connectivity index (χ0v) is 12.9. The molecule has 0 fully saturated rings. The van der Waals surface area contributed by atoms with Crippen LogP contribution in [0.4, 0.5) is 5.69 Å². The zero-order chi connectivity index (χ0) is 14.2. The number of hydrogen-bond acceptors (Lipinski definition) is 2. The minimum absolute atomic E-state index is 0.679. The van der Waals surface area contributed by atoms with Crippen molar-refractivity contribution in [3.8, 4) is 5.75 Å². The fourth-order valence-corrected chi connectivity index (χ4v) is 2.11. The predicted molar refractivity (Wildman–Crippen MR) is 88.9 cm³/mol. The van der Waals surface area contributed by atoms with Gasteiger partial charge in [0.2, 0.25) is 0 Å². The minimum Gasteiger partial charge on any atom is -0.494 e. The molecular weight excluding hydrogens is 314 g/mol. The van der Waals surface area contributed by atoms with E-state index in [0.717, 1.165) is 21.5 Å². The van der Waals surface area contributed by atoms with Gasteiger partial charge >= 0.3 is 0 Å². The largest absolute Gasteiger partial charge is 0.494 e. The Balaban J connectivity index is 1.95. The van der Waals surface area contributed by atoms with E-state index in [9.17, 15) is 0 Å². The van der Waals surface area contributed by atoms with Crippen molar-refractivity contribution >= 4 is 33.9 Å². The summed E-state index contributed by atoms with van der Waals surface area (Å²) in [5.74, 6) is 0.871. The lowest BCUT2D eigenvalue weighted by atomic mass is 10.2. The number of ether oxygens (including phenoxy) is 1. The summed E-state index contributed by atoms with van der Waals surface area (Å²) < 4.78 is 6.46. The molecule has 0 unspecified atom stereocenters. The number of hydrogen-bond donors (Lipinski definition) is 0. The first-order chi connectivity index (χ1) is 9.78. The van der Waals surface area contributed by atoms with Gasteiger partial charge < -0.3 is 4.74 Å². The Morgan fingerprint density at radius 2 is 1.95 bits per heavy atom. The third-order valence-corrected chi connectivity index (χ3v) is 3.09. The van der Waals surface area contributed by atoms with Gasteiger partial charge in [-0.2, -0.15) is 0 Å². The zero-order valence-electron chi connectivity index (χ0n) is 11.3. The van der Waals surface area contributed by atoms with E-state index >= 15 is 0 Å². The average molecular weight is 330 g/mol. The standard InChI is InChI=1S/C17H16BrNO/c1-2-20-17-10-8-16(9-11-17)19-12-4-6-14-5-3-7-15(18)13-14/h3-13H,2H2,1H3/b6-4+,19-12?. The molecule has 2 aromatic rings. The normalized spacial score (nSPS) is 11.3. The van der Waals surface area contributed by atoms with E-state index in [4.69, 9.17) is 4.74 Å². The van der Waals surface area contributed by atoms with E-state index in [0.29, 0.717) is 6.61 Å². The molecular formula is C17H16BrNO. The highest BCUT2D eigenvalue weighted by molar-refractivity contribution is 9.10. The van der Waals surface area contributed by atoms with Crippen molar-refractivity contribution in [2.45, 2.75) is 6.92 Å². The van der Waals surface area contributed by atoms with Crippen molar-refractivity contribution in [1.82, 2.24) is 0 Å². The fraction of sp³-hybridized carbons (Fsp3) is 0.118. The summed E-state index contributed by atoms with van der Waals surface area (Å²) in [4.78, 5) is 4.37. The van der Waals surface area contributed by atoms with Crippen LogP contribution in [-0.4, -0.2) is 12.8 Å². The minimum atomic E-state index is 0.679. The Kier molecular flexibility index (Phi) is 5.56. The first-order valence-electron chi connectivity index (χ1n) is 6.47. The van der Waals surface area contributed by atoms with Crippen LogP contribution in [0.15, 0.2) is 64.1 Å². The molecule has 0 aliphatic heterocycles. The summed E-state index contributed by atoms with van der Waals surface area (Å²) in [6, 6.07) is 15.8. The van der Waals surface area contributed by atoms with Crippen molar-refractivity contribution < 1.29 is 4.74 Å². The van der Waals surface area contributed by atoms with Crippen LogP contribution in [0.1, 0.15) is 12.5 Å². The molecule has 0 saturated carbocycles. The van der Waals surface area contributed by atoms with Crippen LogP contribution in [0, 0.1) is 0 Å². The van der Waals surface area contributed by atoms with E-state index in [1.807, 2.05) is 61.5 Å². The van der Waals surface area contributed by atoms with Crippen LogP contribution in [-0.2, 0) is 0 Å². The molecule has 0 heterocycles. The highest BCUT2D eigenvalue weighted by atomic mass is 79.9. The molecule has 2 nitrogen and oxygen atoms in total. The molecule has 0 saturated heterocycles. The van der Waals surface area contributed by atoms with E-state index in [2.05, 4.69) is 27.0 Å². The summed E-state index contributed by atoms with van der Waals surface area (Å²) in [6.45, 7) is 2.65. The van der Waals surface area contributed by atoms with Crippen LogP contribution >= 0.6 is 15.9 Å². The van der Waals surface area contributed by atoms with Gasteiger partial charge in [0, 0.05) is 10.7 Å². The third-order valence-electron chi connectivity index (χ3n) is 2.59. The Morgan fingerprint density at radius 3 is 2.65 bits per heavy atom. The van der Waals surface area contributed by atoms with E-state index in [1.54, 1.807) is 6.21 Å². The summed E-state index contributed by atoms with van der Waals surface area (Å²) in [6.07, 6.45) is 5.73. The molecule has 0 aliphatic rings. The quantitative estimate of drug-likeness (QED) is 0.685. The van der Waals surface area contributed by atoms with E-state index in [1.165, 1.54) is 0 Å². The van der Waals surface area contributed by atoms with Crippen LogP contribution in [0.25, 0.3) is 6.08 Å². The summed E-state index contributed by atoms with van der Waals surface area (Å²) in [7, 11) is 0. The Labute approximate surface area is 128 Å². The number of allylic oxidation sites excluding steroid dienone is 1. The van der Waals surface area contributed by atoms with Gasteiger partial charge in [-0.05, 0) is 55.0 Å². The molecule has 0 aromatic heterocycles. The van der Waals surface area contributed by atoms with Crippen LogP contribution < -0.4 is 4.74 Å². The van der Waals surface area contributed by atoms with Crippen molar-refractivity contribution in [3.63, 3.8) is 0 Å². The molecule has 0 bridgehead atoms. The molecule has 0 aliphatic carbocycles. The molecule has 0 amide bonds. The molecule has 102 valence electrons. The number of benzene rings is 2. The molecule has 0 N–H and O–H groups in total. The van der Waals surface area contributed by atoms with Gasteiger partial charge in [-0.15, -0.1) is 0 Å². The SMILES string of the molecule is CCOc1ccc(N=C/C=C/c2cccc(Br)c2)cc1. The van der Waals surface area contributed by atoms with Gasteiger partial charge in [0.1, 0.15) is 5.75 Å². The lowest BCUT2D eigenvalue weighted by molar-refractivity contribution is 0.340. The smallest absolute Gasteiger partial charge is 0.119 e. The van der Waals surface area contributed by atoms with Gasteiger partial charge in [0.25, 0.3) is 0 Å². The van der Waals surface area contributed by atoms with Crippen molar-refractivity contribution in [2.75, 3.05) is 6.61 Å². The average Bonchev–Trinajstić information content (AvgIpc) is 2.46. The number of aliphatic imine (C=N–C) groups is 1. The van der Waals surface area contributed by atoms with Crippen molar-refractivity contribution in [3.05, 3.63) is 64.6 Å². The van der Waals surface area contributed by atoms with Gasteiger partial charge in [-0.1, -0.05) is 34.1 Å². The number of nitrogens with zero attached hydrogens (tertiary/aromatic N) is 1. The molecule has 20 heavy (non-hydrogen) atoms. The second-order valence-electron chi connectivity index (χ2n) is 4.12. The van der Waals surface area contributed by atoms with Gasteiger partial charge in [0.15, 0.2) is 0 Å². The molecule has 0 atom stereocenters. The monoisotopic (exact) mass is 329 g/mol. The van der Waals surface area contributed by atoms with Crippen molar-refractivity contribution in [1.29, 1.82) is 0 Å². The van der Waals surface area contributed by atoms with Gasteiger partial charge in [-0.25, -0.2) is 0 Å². The van der Waals surface area contributed by atoms with Crippen LogP contribution in [0.5, 0.6) is 5.75 Å². The Morgan fingerprint density at radius 1 is 1.15 bits per heavy atom. The summed E-state index contributed by atoms with van der Waals surface area (Å²) >= 11 is 3.45. The Bertz CT molecular complexity index is 603. The van der Waals surface area contributed by atoms with E-state index < -0.39 is 0 Å². The Hall–Kier alpha value is -1.87. The molecule has 0 spiro atoms. The van der Waals surface area contributed by atoms with E-state index in [-0.39, 0.29) is 0 Å². The maximum atomic E-state index is 5.39. The maximum absolute atomic E-state index is 5.39. The molecule has 2 rings (SSSR count).